The van der Waals surface area contributed by atoms with Crippen LogP contribution in [-0.4, -0.2) is 5.91 Å². The van der Waals surface area contributed by atoms with Crippen LogP contribution < -0.4 is 10.6 Å². The molecule has 0 bridgehead atoms. The van der Waals surface area contributed by atoms with Gasteiger partial charge in [-0.15, -0.1) is 11.3 Å². The van der Waals surface area contributed by atoms with Crippen LogP contribution in [0.4, 0.5) is 5.69 Å². The van der Waals surface area contributed by atoms with Gasteiger partial charge in [0, 0.05) is 0 Å². The quantitative estimate of drug-likeness (QED) is 0.611. The minimum atomic E-state index is -0.0706. The van der Waals surface area contributed by atoms with E-state index in [9.17, 15) is 4.79 Å². The number of rotatable bonds is 0. The Hall–Kier alpha value is -1.29. The van der Waals surface area contributed by atoms with Crippen molar-refractivity contribution in [3.8, 4) is 0 Å². The van der Waals surface area contributed by atoms with Crippen LogP contribution in [-0.2, 0) is 0 Å². The van der Waals surface area contributed by atoms with Gasteiger partial charge in [0.05, 0.1) is 5.69 Å². The summed E-state index contributed by atoms with van der Waals surface area (Å²) < 4.78 is 0. The van der Waals surface area contributed by atoms with Crippen LogP contribution in [0.2, 0.25) is 0 Å². The molecular formula is C7H6N2OS. The van der Waals surface area contributed by atoms with Gasteiger partial charge in [-0.2, -0.15) is 0 Å². The number of carbonyl (C=O) groups excluding carboxylic acids is 1. The molecule has 3 nitrogen and oxygen atoms in total. The molecular weight excluding hydrogens is 160 g/mol. The van der Waals surface area contributed by atoms with E-state index in [2.05, 4.69) is 17.2 Å². The molecule has 0 spiro atoms. The van der Waals surface area contributed by atoms with Crippen molar-refractivity contribution >= 4 is 22.9 Å². The van der Waals surface area contributed by atoms with Gasteiger partial charge in [0.2, 0.25) is 0 Å². The molecule has 2 heterocycles. The third-order valence-electron chi connectivity index (χ3n) is 1.42. The molecule has 11 heavy (non-hydrogen) atoms. The maximum Gasteiger partial charge on any atom is 0.268 e. The maximum absolute atomic E-state index is 11.2. The third-order valence-corrected chi connectivity index (χ3v) is 2.33. The zero-order chi connectivity index (χ0) is 7.84. The van der Waals surface area contributed by atoms with E-state index in [0.29, 0.717) is 5.82 Å². The van der Waals surface area contributed by atoms with Crippen LogP contribution in [0, 0.1) is 0 Å². The van der Waals surface area contributed by atoms with E-state index in [1.54, 1.807) is 0 Å². The standard InChI is InChI=1S/C7H6N2OS/c1-4-8-5-2-3-11-6(5)7(10)9-4/h2-3,8H,1H2,(H,9,10). The maximum atomic E-state index is 11.2. The van der Waals surface area contributed by atoms with Crippen LogP contribution >= 0.6 is 11.3 Å². The first-order valence-electron chi connectivity index (χ1n) is 3.12. The number of nitrogens with one attached hydrogen (secondary N) is 2. The molecule has 0 saturated carbocycles. The number of amides is 1. The second-order valence-corrected chi connectivity index (χ2v) is 3.14. The highest BCUT2D eigenvalue weighted by Crippen LogP contribution is 2.25. The Balaban J connectivity index is 2.52. The highest BCUT2D eigenvalue weighted by atomic mass is 32.1. The van der Waals surface area contributed by atoms with E-state index in [4.69, 9.17) is 0 Å². The third kappa shape index (κ3) is 0.914. The van der Waals surface area contributed by atoms with Crippen molar-refractivity contribution < 1.29 is 4.79 Å². The lowest BCUT2D eigenvalue weighted by Gasteiger charge is -2.16. The summed E-state index contributed by atoms with van der Waals surface area (Å²) in [6.45, 7) is 3.60. The number of fused-ring (bicyclic) bond motifs is 1. The summed E-state index contributed by atoms with van der Waals surface area (Å²) in [5.74, 6) is 0.472. The lowest BCUT2D eigenvalue weighted by atomic mass is 10.3. The highest BCUT2D eigenvalue weighted by Gasteiger charge is 2.18. The first kappa shape index (κ1) is 6.42. The monoisotopic (exact) mass is 166 g/mol. The number of thiophene rings is 1. The van der Waals surface area contributed by atoms with Gasteiger partial charge in [-0.3, -0.25) is 4.79 Å². The van der Waals surface area contributed by atoms with Crippen LogP contribution in [0.25, 0.3) is 0 Å². The topological polar surface area (TPSA) is 41.1 Å². The Morgan fingerprint density at radius 2 is 2.27 bits per heavy atom. The molecule has 1 aliphatic heterocycles. The van der Waals surface area contributed by atoms with Crippen molar-refractivity contribution in [2.24, 2.45) is 0 Å². The van der Waals surface area contributed by atoms with Crippen LogP contribution in [0.1, 0.15) is 9.67 Å². The van der Waals surface area contributed by atoms with Crippen LogP contribution in [0.5, 0.6) is 0 Å². The van der Waals surface area contributed by atoms with Crippen molar-refractivity contribution in [2.45, 2.75) is 0 Å². The van der Waals surface area contributed by atoms with E-state index in [-0.39, 0.29) is 5.91 Å². The minimum absolute atomic E-state index is 0.0706. The second-order valence-electron chi connectivity index (χ2n) is 2.22. The Bertz CT molecular complexity index is 329. The minimum Gasteiger partial charge on any atom is -0.341 e. The van der Waals surface area contributed by atoms with Gasteiger partial charge in [0.15, 0.2) is 0 Å². The molecule has 56 valence electrons. The lowest BCUT2D eigenvalue weighted by Crippen LogP contribution is -2.30. The summed E-state index contributed by atoms with van der Waals surface area (Å²) in [7, 11) is 0. The van der Waals surface area contributed by atoms with Gasteiger partial charge in [-0.1, -0.05) is 6.58 Å². The smallest absolute Gasteiger partial charge is 0.268 e. The number of carbonyl (C=O) groups is 1. The van der Waals surface area contributed by atoms with Crippen molar-refractivity contribution in [1.29, 1.82) is 0 Å². The molecule has 0 atom stereocenters. The molecule has 2 N–H and O–H groups in total. The van der Waals surface area contributed by atoms with Crippen molar-refractivity contribution in [3.05, 3.63) is 28.7 Å². The molecule has 1 aliphatic rings. The fourth-order valence-corrected chi connectivity index (χ4v) is 1.72. The largest absolute Gasteiger partial charge is 0.341 e. The van der Waals surface area contributed by atoms with E-state index in [1.807, 2.05) is 11.4 Å². The summed E-state index contributed by atoms with van der Waals surface area (Å²) in [5.41, 5.74) is 0.851. The summed E-state index contributed by atoms with van der Waals surface area (Å²) in [6, 6.07) is 1.86. The van der Waals surface area contributed by atoms with E-state index < -0.39 is 0 Å². The van der Waals surface area contributed by atoms with Gasteiger partial charge in [-0.05, 0) is 11.4 Å². The molecule has 0 aliphatic carbocycles. The predicted octanol–water partition coefficient (Wildman–Crippen LogP) is 1.37. The summed E-state index contributed by atoms with van der Waals surface area (Å²) in [6.07, 6.45) is 0. The molecule has 0 saturated heterocycles. The fourth-order valence-electron chi connectivity index (χ4n) is 0.971. The first-order valence-corrected chi connectivity index (χ1v) is 4.00. The van der Waals surface area contributed by atoms with Gasteiger partial charge in [-0.25, -0.2) is 0 Å². The molecule has 1 amide bonds. The average molecular weight is 166 g/mol. The summed E-state index contributed by atoms with van der Waals surface area (Å²) in [4.78, 5) is 11.9. The van der Waals surface area contributed by atoms with Gasteiger partial charge < -0.3 is 10.6 Å². The Morgan fingerprint density at radius 1 is 1.45 bits per heavy atom. The molecule has 0 radical (unpaired) electrons. The Labute approximate surface area is 67.7 Å². The first-order chi connectivity index (χ1) is 5.27. The number of hydrogen-bond acceptors (Lipinski definition) is 3. The van der Waals surface area contributed by atoms with Crippen LogP contribution in [0.15, 0.2) is 23.8 Å². The average Bonchev–Trinajstić information content (AvgIpc) is 2.34. The normalized spacial score (nSPS) is 15.3. The van der Waals surface area contributed by atoms with Crippen molar-refractivity contribution in [3.63, 3.8) is 0 Å². The molecule has 0 aromatic carbocycles. The number of hydrogen-bond donors (Lipinski definition) is 2. The number of anilines is 1. The zero-order valence-corrected chi connectivity index (χ0v) is 6.49. The predicted molar refractivity (Wildman–Crippen MR) is 44.5 cm³/mol. The van der Waals surface area contributed by atoms with Crippen LogP contribution in [0.3, 0.4) is 0 Å². The Morgan fingerprint density at radius 3 is 3.09 bits per heavy atom. The molecule has 4 heteroatoms. The van der Waals surface area contributed by atoms with Gasteiger partial charge >= 0.3 is 0 Å². The van der Waals surface area contributed by atoms with Gasteiger partial charge in [0.25, 0.3) is 5.91 Å². The zero-order valence-electron chi connectivity index (χ0n) is 5.68. The molecule has 1 aromatic heterocycles. The van der Waals surface area contributed by atoms with E-state index in [1.165, 1.54) is 11.3 Å². The highest BCUT2D eigenvalue weighted by molar-refractivity contribution is 7.12. The summed E-state index contributed by atoms with van der Waals surface area (Å²) in [5, 5.41) is 7.41. The van der Waals surface area contributed by atoms with E-state index in [0.717, 1.165) is 10.6 Å². The van der Waals surface area contributed by atoms with Crippen molar-refractivity contribution in [1.82, 2.24) is 5.32 Å². The SMILES string of the molecule is C=C1NC(=O)c2sccc2N1. The second kappa shape index (κ2) is 2.10. The summed E-state index contributed by atoms with van der Waals surface area (Å²) >= 11 is 1.42. The molecule has 2 rings (SSSR count). The van der Waals surface area contributed by atoms with E-state index >= 15 is 0 Å². The Kier molecular flexibility index (Phi) is 1.22. The molecule has 0 fully saturated rings. The van der Waals surface area contributed by atoms with Gasteiger partial charge in [0.1, 0.15) is 10.7 Å². The lowest BCUT2D eigenvalue weighted by molar-refractivity contribution is 0.0968. The van der Waals surface area contributed by atoms with Crippen molar-refractivity contribution in [2.75, 3.05) is 5.32 Å². The fraction of sp³-hybridized carbons (Fsp3) is 0. The molecule has 1 aromatic rings. The molecule has 0 unspecified atom stereocenters.